The molecule has 0 radical (unpaired) electrons. The average Bonchev–Trinajstić information content (AvgIpc) is 2.50. The van der Waals surface area contributed by atoms with Crippen molar-refractivity contribution in [2.75, 3.05) is 14.2 Å². The topological polar surface area (TPSA) is 43.2 Å². The summed E-state index contributed by atoms with van der Waals surface area (Å²) in [5, 5.41) is 0. The van der Waals surface area contributed by atoms with Gasteiger partial charge in [-0.25, -0.2) is 18.8 Å². The summed E-state index contributed by atoms with van der Waals surface area (Å²) in [6, 6.07) is 2.61. The molecule has 4 nitrogen and oxygen atoms in total. The third kappa shape index (κ3) is 3.43. The van der Waals surface area contributed by atoms with Gasteiger partial charge < -0.3 is 9.47 Å². The van der Waals surface area contributed by atoms with Crippen molar-refractivity contribution < 1.29 is 18.3 Å². The Kier molecular flexibility index (Phi) is 5.11. The Morgan fingerprint density at radius 3 is 2.36 bits per heavy atom. The maximum atomic E-state index is 13.8. The summed E-state index contributed by atoms with van der Waals surface area (Å²) in [5.74, 6) is 0.118. The highest BCUT2D eigenvalue weighted by atomic mass is 19.1. The first-order valence-corrected chi connectivity index (χ1v) is 7.13. The van der Waals surface area contributed by atoms with Crippen LogP contribution in [0.2, 0.25) is 0 Å². The molecular weight excluding hydrogens is 290 g/mol. The molecule has 1 heterocycles. The van der Waals surface area contributed by atoms with Gasteiger partial charge in [-0.1, -0.05) is 13.8 Å². The van der Waals surface area contributed by atoms with E-state index in [2.05, 4.69) is 9.98 Å². The molecule has 1 aromatic carbocycles. The lowest BCUT2D eigenvalue weighted by atomic mass is 10.00. The molecule has 6 heteroatoms. The second kappa shape index (κ2) is 6.85. The summed E-state index contributed by atoms with van der Waals surface area (Å²) >= 11 is 0. The molecule has 0 saturated carbocycles. The number of ether oxygens (including phenoxy) is 2. The highest BCUT2D eigenvalue weighted by molar-refractivity contribution is 5.94. The van der Waals surface area contributed by atoms with Crippen LogP contribution in [0.5, 0.6) is 0 Å². The van der Waals surface area contributed by atoms with E-state index in [1.54, 1.807) is 0 Å². The second-order valence-electron chi connectivity index (χ2n) is 5.49. The standard InChI is InChI=1S/C16H20F2N2O2/c1-9(2)14-16(22-4)19-13(15(20-14)21-3)8-10-7-11(17)5-6-12(10)18/h5-7,9,13-14H,8H2,1-4H3. The molecule has 120 valence electrons. The first-order chi connectivity index (χ1) is 10.5. The number of aliphatic imine (C=N–C) groups is 2. The number of methoxy groups -OCH3 is 2. The van der Waals surface area contributed by atoms with Gasteiger partial charge in [0.2, 0.25) is 11.8 Å². The van der Waals surface area contributed by atoms with Crippen molar-refractivity contribution in [3.05, 3.63) is 35.4 Å². The Bertz CT molecular complexity index is 600. The van der Waals surface area contributed by atoms with Crippen LogP contribution in [0.4, 0.5) is 8.78 Å². The summed E-state index contributed by atoms with van der Waals surface area (Å²) in [6.07, 6.45) is 0.161. The maximum Gasteiger partial charge on any atom is 0.209 e. The normalized spacial score (nSPS) is 21.4. The molecule has 1 aliphatic rings. The lowest BCUT2D eigenvalue weighted by Gasteiger charge is -2.27. The molecule has 0 bridgehead atoms. The fourth-order valence-electron chi connectivity index (χ4n) is 2.40. The van der Waals surface area contributed by atoms with E-state index in [9.17, 15) is 8.78 Å². The first kappa shape index (κ1) is 16.4. The van der Waals surface area contributed by atoms with Crippen molar-refractivity contribution >= 4 is 11.8 Å². The van der Waals surface area contributed by atoms with Gasteiger partial charge >= 0.3 is 0 Å². The zero-order chi connectivity index (χ0) is 16.3. The van der Waals surface area contributed by atoms with Gasteiger partial charge in [-0.2, -0.15) is 0 Å². The van der Waals surface area contributed by atoms with Gasteiger partial charge in [0.05, 0.1) is 14.2 Å². The van der Waals surface area contributed by atoms with Crippen LogP contribution in [0.25, 0.3) is 0 Å². The maximum absolute atomic E-state index is 13.8. The smallest absolute Gasteiger partial charge is 0.209 e. The van der Waals surface area contributed by atoms with Crippen LogP contribution in [0.1, 0.15) is 19.4 Å². The Morgan fingerprint density at radius 1 is 1.09 bits per heavy atom. The molecule has 0 saturated heterocycles. The van der Waals surface area contributed by atoms with Crippen LogP contribution < -0.4 is 0 Å². The summed E-state index contributed by atoms with van der Waals surface area (Å²) < 4.78 is 37.7. The Balaban J connectivity index is 2.31. The van der Waals surface area contributed by atoms with Crippen molar-refractivity contribution in [2.24, 2.45) is 15.9 Å². The fourth-order valence-corrected chi connectivity index (χ4v) is 2.40. The minimum absolute atomic E-state index is 0.161. The molecule has 0 aromatic heterocycles. The molecule has 2 rings (SSSR count). The third-order valence-electron chi connectivity index (χ3n) is 3.56. The molecular formula is C16H20F2N2O2. The van der Waals surface area contributed by atoms with Crippen LogP contribution >= 0.6 is 0 Å². The van der Waals surface area contributed by atoms with Crippen molar-refractivity contribution in [1.82, 2.24) is 0 Å². The third-order valence-corrected chi connectivity index (χ3v) is 3.56. The molecule has 0 N–H and O–H groups in total. The minimum Gasteiger partial charge on any atom is -0.483 e. The Hall–Kier alpha value is -1.98. The summed E-state index contributed by atoms with van der Waals surface area (Å²) in [7, 11) is 3.03. The van der Waals surface area contributed by atoms with Crippen LogP contribution in [0.15, 0.2) is 28.2 Å². The van der Waals surface area contributed by atoms with Crippen LogP contribution in [0, 0.1) is 17.6 Å². The van der Waals surface area contributed by atoms with Gasteiger partial charge in [-0.05, 0) is 29.7 Å². The zero-order valence-electron chi connectivity index (χ0n) is 13.1. The van der Waals surface area contributed by atoms with E-state index in [0.717, 1.165) is 12.1 Å². The predicted molar refractivity (Wildman–Crippen MR) is 81.4 cm³/mol. The van der Waals surface area contributed by atoms with Crippen molar-refractivity contribution in [3.8, 4) is 0 Å². The van der Waals surface area contributed by atoms with Gasteiger partial charge in [-0.15, -0.1) is 0 Å². The van der Waals surface area contributed by atoms with E-state index >= 15 is 0 Å². The van der Waals surface area contributed by atoms with Crippen LogP contribution in [-0.4, -0.2) is 38.1 Å². The highest BCUT2D eigenvalue weighted by Gasteiger charge is 2.31. The van der Waals surface area contributed by atoms with Gasteiger partial charge in [0.15, 0.2) is 0 Å². The second-order valence-corrected chi connectivity index (χ2v) is 5.49. The number of hydrogen-bond donors (Lipinski definition) is 0. The van der Waals surface area contributed by atoms with Crippen LogP contribution in [0.3, 0.4) is 0 Å². The van der Waals surface area contributed by atoms with Crippen LogP contribution in [-0.2, 0) is 15.9 Å². The Morgan fingerprint density at radius 2 is 1.77 bits per heavy atom. The summed E-state index contributed by atoms with van der Waals surface area (Å²) in [6.45, 7) is 4.01. The number of halogens is 2. The molecule has 0 amide bonds. The van der Waals surface area contributed by atoms with E-state index in [0.29, 0.717) is 11.8 Å². The van der Waals surface area contributed by atoms with Gasteiger partial charge in [0, 0.05) is 6.42 Å². The monoisotopic (exact) mass is 310 g/mol. The highest BCUT2D eigenvalue weighted by Crippen LogP contribution is 2.21. The van der Waals surface area contributed by atoms with Crippen molar-refractivity contribution in [1.29, 1.82) is 0 Å². The zero-order valence-corrected chi connectivity index (χ0v) is 13.1. The molecule has 0 fully saturated rings. The summed E-state index contributed by atoms with van der Waals surface area (Å²) in [5.41, 5.74) is 0.233. The Labute approximate surface area is 128 Å². The van der Waals surface area contributed by atoms with E-state index < -0.39 is 17.7 Å². The predicted octanol–water partition coefficient (Wildman–Crippen LogP) is 3.00. The minimum atomic E-state index is -0.522. The average molecular weight is 310 g/mol. The van der Waals surface area contributed by atoms with Crippen molar-refractivity contribution in [3.63, 3.8) is 0 Å². The quantitative estimate of drug-likeness (QED) is 0.861. The molecule has 1 aliphatic heterocycles. The number of benzene rings is 1. The lowest BCUT2D eigenvalue weighted by molar-refractivity contribution is 0.332. The van der Waals surface area contributed by atoms with E-state index in [1.807, 2.05) is 13.8 Å². The van der Waals surface area contributed by atoms with Gasteiger partial charge in [-0.3, -0.25) is 0 Å². The van der Waals surface area contributed by atoms with Gasteiger partial charge in [0.25, 0.3) is 0 Å². The molecule has 2 unspecified atom stereocenters. The molecule has 0 spiro atoms. The van der Waals surface area contributed by atoms with E-state index in [1.165, 1.54) is 20.3 Å². The van der Waals surface area contributed by atoms with Gasteiger partial charge in [0.1, 0.15) is 23.7 Å². The first-order valence-electron chi connectivity index (χ1n) is 7.13. The van der Waals surface area contributed by atoms with Crippen molar-refractivity contribution in [2.45, 2.75) is 32.4 Å². The van der Waals surface area contributed by atoms with E-state index in [4.69, 9.17) is 9.47 Å². The number of nitrogens with zero attached hydrogens (tertiary/aromatic N) is 2. The molecule has 22 heavy (non-hydrogen) atoms. The number of hydrogen-bond acceptors (Lipinski definition) is 4. The molecule has 1 aromatic rings. The molecule has 2 atom stereocenters. The SMILES string of the molecule is COC1=NC(C(C)C)C(OC)=NC1Cc1cc(F)ccc1F. The lowest BCUT2D eigenvalue weighted by Crippen LogP contribution is -2.38. The largest absolute Gasteiger partial charge is 0.483 e. The number of rotatable bonds is 3. The molecule has 0 aliphatic carbocycles. The van der Waals surface area contributed by atoms with E-state index in [-0.39, 0.29) is 23.9 Å². The fraction of sp³-hybridized carbons (Fsp3) is 0.500. The summed E-state index contributed by atoms with van der Waals surface area (Å²) in [4.78, 5) is 8.98.